The van der Waals surface area contributed by atoms with Crippen LogP contribution < -0.4 is 9.64 Å². The van der Waals surface area contributed by atoms with Crippen molar-refractivity contribution in [3.05, 3.63) is 0 Å². The molecule has 0 saturated heterocycles. The Hall–Kier alpha value is -1.90. The summed E-state index contributed by atoms with van der Waals surface area (Å²) in [5, 5.41) is 15.0. The first-order valence-corrected chi connectivity index (χ1v) is 4.05. The second-order valence-corrected chi connectivity index (χ2v) is 2.68. The maximum Gasteiger partial charge on any atom is 0.355 e. The van der Waals surface area contributed by atoms with E-state index in [1.807, 2.05) is 0 Å². The van der Waals surface area contributed by atoms with Crippen molar-refractivity contribution < 1.29 is 4.74 Å². The van der Waals surface area contributed by atoms with Gasteiger partial charge in [0.1, 0.15) is 6.61 Å². The lowest BCUT2D eigenvalue weighted by Gasteiger charge is -2.07. The van der Waals surface area contributed by atoms with Gasteiger partial charge in [0.05, 0.1) is 0 Å². The Kier molecular flexibility index (Phi) is 3.61. The van der Waals surface area contributed by atoms with Gasteiger partial charge in [-0.25, -0.2) is 0 Å². The van der Waals surface area contributed by atoms with E-state index in [2.05, 4.69) is 26.3 Å². The van der Waals surface area contributed by atoms with Crippen LogP contribution in [-0.2, 0) is 0 Å². The van der Waals surface area contributed by atoms with Gasteiger partial charge in [0.25, 0.3) is 5.95 Å². The zero-order chi connectivity index (χ0) is 10.4. The summed E-state index contributed by atoms with van der Waals surface area (Å²) in [5.74, 6) is 2.88. The first kappa shape index (κ1) is 10.2. The Balaban J connectivity index is 2.52. The molecule has 1 aromatic heterocycles. The van der Waals surface area contributed by atoms with Crippen LogP contribution in [0.1, 0.15) is 6.42 Å². The minimum Gasteiger partial charge on any atom is -0.460 e. The summed E-state index contributed by atoms with van der Waals surface area (Å²) in [6, 6.07) is 0.144. The van der Waals surface area contributed by atoms with Crippen LogP contribution >= 0.6 is 0 Å². The minimum absolute atomic E-state index is 0.144. The van der Waals surface area contributed by atoms with E-state index in [1.54, 1.807) is 19.0 Å². The smallest absolute Gasteiger partial charge is 0.355 e. The molecule has 6 heteroatoms. The number of anilines is 1. The second-order valence-electron chi connectivity index (χ2n) is 2.68. The third-order valence-electron chi connectivity index (χ3n) is 1.33. The van der Waals surface area contributed by atoms with Crippen molar-refractivity contribution >= 4 is 5.95 Å². The van der Waals surface area contributed by atoms with Crippen LogP contribution in [0.4, 0.5) is 5.95 Å². The summed E-state index contributed by atoms with van der Waals surface area (Å²) in [7, 11) is 3.61. The highest BCUT2D eigenvalue weighted by molar-refractivity contribution is 5.21. The number of nitrogens with zero attached hydrogens (tertiary/aromatic N) is 5. The number of hydrogen-bond donors (Lipinski definition) is 0. The summed E-state index contributed by atoms with van der Waals surface area (Å²) in [5.41, 5.74) is 0. The average Bonchev–Trinajstić information content (AvgIpc) is 2.19. The molecule has 0 fully saturated rings. The molecule has 0 N–H and O–H groups in total. The molecular weight excluding hydrogens is 182 g/mol. The van der Waals surface area contributed by atoms with Crippen LogP contribution in [0.2, 0.25) is 0 Å². The van der Waals surface area contributed by atoms with Gasteiger partial charge in [-0.15, -0.1) is 22.5 Å². The van der Waals surface area contributed by atoms with Crippen LogP contribution in [-0.4, -0.2) is 41.1 Å². The second kappa shape index (κ2) is 4.97. The highest BCUT2D eigenvalue weighted by atomic mass is 16.5. The Morgan fingerprint density at radius 2 is 1.93 bits per heavy atom. The van der Waals surface area contributed by atoms with Crippen LogP contribution in [0, 0.1) is 12.3 Å². The molecule has 0 aliphatic heterocycles. The van der Waals surface area contributed by atoms with Gasteiger partial charge in [0.2, 0.25) is 0 Å². The fourth-order valence-corrected chi connectivity index (χ4v) is 0.653. The number of ether oxygens (including phenoxy) is 1. The van der Waals surface area contributed by atoms with Crippen molar-refractivity contribution in [2.75, 3.05) is 25.6 Å². The molecule has 0 spiro atoms. The van der Waals surface area contributed by atoms with E-state index >= 15 is 0 Å². The van der Waals surface area contributed by atoms with E-state index in [4.69, 9.17) is 11.2 Å². The van der Waals surface area contributed by atoms with E-state index < -0.39 is 0 Å². The summed E-state index contributed by atoms with van der Waals surface area (Å²) in [4.78, 5) is 1.70. The standard InChI is InChI=1S/C8H11N5O/c1-4-5-6-14-8-11-9-7(10-12-8)13(2)3/h1H,5-6H2,2-3H3. The van der Waals surface area contributed by atoms with Crippen LogP contribution in [0.5, 0.6) is 6.01 Å². The van der Waals surface area contributed by atoms with Gasteiger partial charge >= 0.3 is 6.01 Å². The molecule has 1 rings (SSSR count). The summed E-state index contributed by atoms with van der Waals surface area (Å²) < 4.78 is 5.07. The van der Waals surface area contributed by atoms with Crippen molar-refractivity contribution in [1.82, 2.24) is 20.4 Å². The van der Waals surface area contributed by atoms with E-state index in [1.165, 1.54) is 0 Å². The molecule has 14 heavy (non-hydrogen) atoms. The SMILES string of the molecule is C#CCCOc1nnc(N(C)C)nn1. The maximum atomic E-state index is 5.07. The van der Waals surface area contributed by atoms with Crippen molar-refractivity contribution in [2.24, 2.45) is 0 Å². The van der Waals surface area contributed by atoms with Crippen molar-refractivity contribution in [3.63, 3.8) is 0 Å². The molecule has 0 bridgehead atoms. The third kappa shape index (κ3) is 2.86. The molecule has 1 aromatic rings. The molecule has 0 aromatic carbocycles. The van der Waals surface area contributed by atoms with Gasteiger partial charge < -0.3 is 9.64 Å². The topological polar surface area (TPSA) is 64.0 Å². The lowest BCUT2D eigenvalue weighted by molar-refractivity contribution is 0.291. The molecule has 0 amide bonds. The van der Waals surface area contributed by atoms with Crippen LogP contribution in [0.25, 0.3) is 0 Å². The summed E-state index contributed by atoms with van der Waals surface area (Å²) >= 11 is 0. The molecule has 0 atom stereocenters. The number of rotatable bonds is 4. The molecule has 0 radical (unpaired) electrons. The Morgan fingerprint density at radius 3 is 2.43 bits per heavy atom. The van der Waals surface area contributed by atoms with E-state index in [0.29, 0.717) is 19.0 Å². The maximum absolute atomic E-state index is 5.07. The largest absolute Gasteiger partial charge is 0.460 e. The van der Waals surface area contributed by atoms with Crippen molar-refractivity contribution in [3.8, 4) is 18.4 Å². The zero-order valence-electron chi connectivity index (χ0n) is 8.14. The average molecular weight is 193 g/mol. The summed E-state index contributed by atoms with van der Waals surface area (Å²) in [6.45, 7) is 0.376. The lowest BCUT2D eigenvalue weighted by Crippen LogP contribution is -2.15. The van der Waals surface area contributed by atoms with Crippen molar-refractivity contribution in [2.45, 2.75) is 6.42 Å². The molecular formula is C8H11N5O. The fraction of sp³-hybridized carbons (Fsp3) is 0.500. The predicted octanol–water partition coefficient (Wildman–Crippen LogP) is -0.265. The quantitative estimate of drug-likeness (QED) is 0.484. The van der Waals surface area contributed by atoms with Gasteiger partial charge in [-0.1, -0.05) is 10.2 Å². The van der Waals surface area contributed by atoms with E-state index in [9.17, 15) is 0 Å². The number of terminal acetylenes is 1. The van der Waals surface area contributed by atoms with Gasteiger partial charge in [-0.2, -0.15) is 0 Å². The highest BCUT2D eigenvalue weighted by Gasteiger charge is 2.02. The van der Waals surface area contributed by atoms with Crippen LogP contribution in [0.15, 0.2) is 0 Å². The van der Waals surface area contributed by atoms with Crippen LogP contribution in [0.3, 0.4) is 0 Å². The molecule has 6 nitrogen and oxygen atoms in total. The number of aromatic nitrogens is 4. The predicted molar refractivity (Wildman–Crippen MR) is 50.9 cm³/mol. The highest BCUT2D eigenvalue weighted by Crippen LogP contribution is 2.01. The van der Waals surface area contributed by atoms with Crippen molar-refractivity contribution in [1.29, 1.82) is 0 Å². The summed E-state index contributed by atoms with van der Waals surface area (Å²) in [6.07, 6.45) is 5.56. The molecule has 0 saturated carbocycles. The first-order chi connectivity index (χ1) is 6.74. The van der Waals surface area contributed by atoms with Gasteiger partial charge in [-0.05, 0) is 0 Å². The normalized spacial score (nSPS) is 9.21. The fourth-order valence-electron chi connectivity index (χ4n) is 0.653. The molecule has 0 aliphatic rings. The zero-order valence-corrected chi connectivity index (χ0v) is 8.14. The third-order valence-corrected chi connectivity index (χ3v) is 1.33. The Bertz CT molecular complexity index is 315. The van der Waals surface area contributed by atoms with E-state index in [-0.39, 0.29) is 6.01 Å². The first-order valence-electron chi connectivity index (χ1n) is 4.05. The lowest BCUT2D eigenvalue weighted by atomic mass is 10.5. The molecule has 0 unspecified atom stereocenters. The monoisotopic (exact) mass is 193 g/mol. The molecule has 0 aliphatic carbocycles. The van der Waals surface area contributed by atoms with Gasteiger partial charge in [-0.3, -0.25) is 0 Å². The number of hydrogen-bond acceptors (Lipinski definition) is 6. The van der Waals surface area contributed by atoms with Gasteiger partial charge in [0.15, 0.2) is 0 Å². The Labute approximate surface area is 82.3 Å². The molecule has 74 valence electrons. The minimum atomic E-state index is 0.144. The van der Waals surface area contributed by atoms with E-state index in [0.717, 1.165) is 0 Å². The molecule has 1 heterocycles. The Morgan fingerprint density at radius 1 is 1.29 bits per heavy atom. The van der Waals surface area contributed by atoms with Gasteiger partial charge in [0, 0.05) is 20.5 Å².